The largest absolute Gasteiger partial charge is 0.481 e. The molecule has 4 nitrogen and oxygen atoms in total. The number of piperidine rings is 1. The molecular formula is C10H15N3O. The molecule has 4 heteroatoms. The molecule has 1 aromatic heterocycles. The maximum absolute atomic E-state index is 5.21. The molecule has 1 aliphatic heterocycles. The van der Waals surface area contributed by atoms with E-state index >= 15 is 0 Å². The van der Waals surface area contributed by atoms with Crippen molar-refractivity contribution in [2.24, 2.45) is 0 Å². The molecule has 1 unspecified atom stereocenters. The first-order valence-corrected chi connectivity index (χ1v) is 4.99. The summed E-state index contributed by atoms with van der Waals surface area (Å²) in [6.07, 6.45) is 7.02. The van der Waals surface area contributed by atoms with Gasteiger partial charge in [-0.25, -0.2) is 9.97 Å². The van der Waals surface area contributed by atoms with E-state index in [1.807, 2.05) is 6.20 Å². The number of rotatable bonds is 2. The van der Waals surface area contributed by atoms with E-state index in [0.29, 0.717) is 11.9 Å². The molecule has 1 saturated heterocycles. The lowest BCUT2D eigenvalue weighted by Crippen LogP contribution is -2.27. The molecule has 0 bridgehead atoms. The zero-order valence-electron chi connectivity index (χ0n) is 8.36. The number of hydrogen-bond donors (Lipinski definition) is 1. The molecule has 0 aromatic carbocycles. The van der Waals surface area contributed by atoms with Crippen LogP contribution in [0.15, 0.2) is 12.5 Å². The number of methoxy groups -OCH3 is 1. The van der Waals surface area contributed by atoms with Crippen LogP contribution in [0.1, 0.15) is 30.9 Å². The molecule has 0 spiro atoms. The molecule has 0 aliphatic carbocycles. The van der Waals surface area contributed by atoms with Gasteiger partial charge in [0.2, 0.25) is 5.88 Å². The highest BCUT2D eigenvalue weighted by atomic mass is 16.5. The third-order valence-corrected chi connectivity index (χ3v) is 2.58. The van der Waals surface area contributed by atoms with Crippen LogP contribution in [-0.2, 0) is 0 Å². The maximum atomic E-state index is 5.21. The summed E-state index contributed by atoms with van der Waals surface area (Å²) >= 11 is 0. The Hall–Kier alpha value is -1.16. The van der Waals surface area contributed by atoms with Gasteiger partial charge in [-0.05, 0) is 19.4 Å². The summed E-state index contributed by atoms with van der Waals surface area (Å²) in [7, 11) is 1.65. The van der Waals surface area contributed by atoms with Gasteiger partial charge in [0.1, 0.15) is 6.33 Å². The Morgan fingerprint density at radius 3 is 3.14 bits per heavy atom. The fourth-order valence-corrected chi connectivity index (χ4v) is 1.86. The minimum atomic E-state index is 0.361. The average Bonchev–Trinajstić information content (AvgIpc) is 2.30. The van der Waals surface area contributed by atoms with Crippen molar-refractivity contribution in [2.75, 3.05) is 13.7 Å². The van der Waals surface area contributed by atoms with Gasteiger partial charge >= 0.3 is 0 Å². The molecule has 0 saturated carbocycles. The number of nitrogens with zero attached hydrogens (tertiary/aromatic N) is 2. The minimum absolute atomic E-state index is 0.361. The lowest BCUT2D eigenvalue weighted by molar-refractivity contribution is 0.360. The zero-order valence-corrected chi connectivity index (χ0v) is 8.36. The van der Waals surface area contributed by atoms with E-state index in [-0.39, 0.29) is 0 Å². The Labute approximate surface area is 83.7 Å². The second-order valence-corrected chi connectivity index (χ2v) is 3.49. The van der Waals surface area contributed by atoms with Crippen LogP contribution >= 0.6 is 0 Å². The molecule has 1 aliphatic rings. The van der Waals surface area contributed by atoms with Gasteiger partial charge in [-0.3, -0.25) is 0 Å². The van der Waals surface area contributed by atoms with E-state index < -0.39 is 0 Å². The van der Waals surface area contributed by atoms with Crippen molar-refractivity contribution in [3.8, 4) is 5.88 Å². The van der Waals surface area contributed by atoms with Gasteiger partial charge in [-0.1, -0.05) is 6.42 Å². The lowest BCUT2D eigenvalue weighted by Gasteiger charge is -2.24. The molecule has 2 rings (SSSR count). The SMILES string of the molecule is COc1ncncc1C1CCCCN1. The summed E-state index contributed by atoms with van der Waals surface area (Å²) in [5, 5.41) is 3.45. The van der Waals surface area contributed by atoms with Crippen molar-refractivity contribution < 1.29 is 4.74 Å². The summed E-state index contributed by atoms with van der Waals surface area (Å²) < 4.78 is 5.21. The highest BCUT2D eigenvalue weighted by Crippen LogP contribution is 2.27. The Morgan fingerprint density at radius 2 is 2.43 bits per heavy atom. The summed E-state index contributed by atoms with van der Waals surface area (Å²) in [6, 6.07) is 0.361. The summed E-state index contributed by atoms with van der Waals surface area (Å²) in [4.78, 5) is 8.14. The van der Waals surface area contributed by atoms with E-state index in [4.69, 9.17) is 4.74 Å². The first-order valence-electron chi connectivity index (χ1n) is 4.99. The van der Waals surface area contributed by atoms with Gasteiger partial charge in [0.05, 0.1) is 7.11 Å². The van der Waals surface area contributed by atoms with Gasteiger partial charge in [0.15, 0.2) is 0 Å². The first-order chi connectivity index (χ1) is 6.92. The molecule has 1 N–H and O–H groups in total. The Balaban J connectivity index is 2.20. The van der Waals surface area contributed by atoms with E-state index in [2.05, 4.69) is 15.3 Å². The standard InChI is InChI=1S/C10H15N3O/c1-14-10-8(6-11-7-13-10)9-4-2-3-5-12-9/h6-7,9,12H,2-5H2,1H3. The first kappa shape index (κ1) is 9.40. The van der Waals surface area contributed by atoms with Crippen LogP contribution in [0.5, 0.6) is 5.88 Å². The highest BCUT2D eigenvalue weighted by molar-refractivity contribution is 5.26. The minimum Gasteiger partial charge on any atom is -0.481 e. The molecular weight excluding hydrogens is 178 g/mol. The maximum Gasteiger partial charge on any atom is 0.220 e. The second-order valence-electron chi connectivity index (χ2n) is 3.49. The smallest absolute Gasteiger partial charge is 0.220 e. The molecule has 0 amide bonds. The molecule has 0 radical (unpaired) electrons. The van der Waals surface area contributed by atoms with Gasteiger partial charge in [0, 0.05) is 17.8 Å². The monoisotopic (exact) mass is 193 g/mol. The van der Waals surface area contributed by atoms with Crippen LogP contribution in [0.2, 0.25) is 0 Å². The zero-order chi connectivity index (χ0) is 9.80. The Morgan fingerprint density at radius 1 is 1.50 bits per heavy atom. The van der Waals surface area contributed by atoms with Crippen molar-refractivity contribution >= 4 is 0 Å². The van der Waals surface area contributed by atoms with Gasteiger partial charge in [0.25, 0.3) is 0 Å². The van der Waals surface area contributed by atoms with E-state index in [0.717, 1.165) is 18.5 Å². The molecule has 1 fully saturated rings. The van der Waals surface area contributed by atoms with Gasteiger partial charge < -0.3 is 10.1 Å². The van der Waals surface area contributed by atoms with Gasteiger partial charge in [-0.2, -0.15) is 0 Å². The number of hydrogen-bond acceptors (Lipinski definition) is 4. The van der Waals surface area contributed by atoms with Crippen LogP contribution in [0.25, 0.3) is 0 Å². The predicted molar refractivity (Wildman–Crippen MR) is 53.2 cm³/mol. The van der Waals surface area contributed by atoms with Crippen molar-refractivity contribution in [2.45, 2.75) is 25.3 Å². The van der Waals surface area contributed by atoms with Crippen LogP contribution in [0.3, 0.4) is 0 Å². The Kier molecular flexibility index (Phi) is 2.93. The van der Waals surface area contributed by atoms with Gasteiger partial charge in [-0.15, -0.1) is 0 Å². The third kappa shape index (κ3) is 1.85. The predicted octanol–water partition coefficient (Wildman–Crippen LogP) is 1.30. The number of aromatic nitrogens is 2. The summed E-state index contributed by atoms with van der Waals surface area (Å²) in [5.41, 5.74) is 1.08. The Bertz CT molecular complexity index is 297. The average molecular weight is 193 g/mol. The topological polar surface area (TPSA) is 47.0 Å². The fraction of sp³-hybridized carbons (Fsp3) is 0.600. The van der Waals surface area contributed by atoms with E-state index in [1.165, 1.54) is 19.2 Å². The van der Waals surface area contributed by atoms with Crippen molar-refractivity contribution in [1.29, 1.82) is 0 Å². The van der Waals surface area contributed by atoms with Crippen molar-refractivity contribution in [3.63, 3.8) is 0 Å². The lowest BCUT2D eigenvalue weighted by atomic mass is 9.99. The summed E-state index contributed by atoms with van der Waals surface area (Å²) in [6.45, 7) is 1.07. The third-order valence-electron chi connectivity index (χ3n) is 2.58. The van der Waals surface area contributed by atoms with Crippen LogP contribution < -0.4 is 10.1 Å². The van der Waals surface area contributed by atoms with Crippen LogP contribution in [-0.4, -0.2) is 23.6 Å². The van der Waals surface area contributed by atoms with Crippen LogP contribution in [0, 0.1) is 0 Å². The number of ether oxygens (including phenoxy) is 1. The molecule has 76 valence electrons. The molecule has 14 heavy (non-hydrogen) atoms. The molecule has 1 aromatic rings. The molecule has 2 heterocycles. The fourth-order valence-electron chi connectivity index (χ4n) is 1.86. The van der Waals surface area contributed by atoms with E-state index in [9.17, 15) is 0 Å². The number of nitrogens with one attached hydrogen (secondary N) is 1. The molecule has 1 atom stereocenters. The van der Waals surface area contributed by atoms with E-state index in [1.54, 1.807) is 7.11 Å². The quantitative estimate of drug-likeness (QED) is 0.769. The van der Waals surface area contributed by atoms with Crippen LogP contribution in [0.4, 0.5) is 0 Å². The second kappa shape index (κ2) is 4.37. The highest BCUT2D eigenvalue weighted by Gasteiger charge is 2.19. The summed E-state index contributed by atoms with van der Waals surface area (Å²) in [5.74, 6) is 0.694. The normalized spacial score (nSPS) is 21.9. The van der Waals surface area contributed by atoms with Crippen molar-refractivity contribution in [1.82, 2.24) is 15.3 Å². The van der Waals surface area contributed by atoms with Crippen molar-refractivity contribution in [3.05, 3.63) is 18.1 Å².